The number of aliphatic carboxylic acids is 1. The Labute approximate surface area is 75.0 Å². The van der Waals surface area contributed by atoms with Gasteiger partial charge in [0.05, 0.1) is 6.42 Å². The molecule has 0 bridgehead atoms. The fraction of sp³-hybridized carbons (Fsp3) is 0.400. The molecule has 0 aromatic heterocycles. The van der Waals surface area contributed by atoms with Gasteiger partial charge in [-0.25, -0.2) is 4.79 Å². The molecule has 0 aromatic rings. The van der Waals surface area contributed by atoms with Crippen LogP contribution in [-0.2, 0) is 14.4 Å². The number of carbonyl (C=O) groups is 3. The third kappa shape index (κ3) is 5.76. The minimum atomic E-state index is -1.55. The summed E-state index contributed by atoms with van der Waals surface area (Å²) in [4.78, 5) is 29.9. The van der Waals surface area contributed by atoms with Crippen molar-refractivity contribution in [2.24, 2.45) is 0 Å². The van der Waals surface area contributed by atoms with E-state index in [0.29, 0.717) is 0 Å². The summed E-state index contributed by atoms with van der Waals surface area (Å²) in [6.45, 7) is 1.17. The van der Waals surface area contributed by atoms with Gasteiger partial charge in [0.2, 0.25) is 5.78 Å². The van der Waals surface area contributed by atoms with E-state index in [0.717, 1.165) is 0 Å². The second-order valence-electron chi connectivity index (χ2n) is 1.61. The zero-order valence-electron chi connectivity index (χ0n) is 5.59. The molecule has 0 radical (unpaired) electrons. The van der Waals surface area contributed by atoms with Crippen molar-refractivity contribution >= 4 is 42.0 Å². The van der Waals surface area contributed by atoms with Gasteiger partial charge in [-0.3, -0.25) is 9.59 Å². The summed E-state index contributed by atoms with van der Waals surface area (Å²) in [7, 11) is 0. The van der Waals surface area contributed by atoms with Crippen LogP contribution in [0.4, 0.5) is 0 Å². The fourth-order valence-electron chi connectivity index (χ4n) is 0.302. The topological polar surface area (TPSA) is 71.4 Å². The number of Topliss-reactive ketones (excluding diaryl/α,β-unsaturated/α-hetero) is 2. The van der Waals surface area contributed by atoms with Crippen molar-refractivity contribution in [3.63, 3.8) is 0 Å². The summed E-state index contributed by atoms with van der Waals surface area (Å²) in [5.41, 5.74) is 0. The minimum absolute atomic E-state index is 0. The normalized spacial score (nSPS) is 7.70. The number of ketones is 2. The average Bonchev–Trinajstić information content (AvgIpc) is 1.63. The van der Waals surface area contributed by atoms with Crippen LogP contribution in [-0.4, -0.2) is 47.1 Å². The van der Waals surface area contributed by atoms with Crippen LogP contribution in [0.5, 0.6) is 0 Å². The Kier molecular flexibility index (Phi) is 6.67. The molecule has 0 aliphatic rings. The number of carboxylic acids is 1. The molecule has 0 amide bonds. The van der Waals surface area contributed by atoms with Crippen LogP contribution in [0.15, 0.2) is 0 Å². The Morgan fingerprint density at radius 2 is 1.70 bits per heavy atom. The van der Waals surface area contributed by atoms with Gasteiger partial charge in [-0.1, -0.05) is 0 Å². The molecule has 0 atom stereocenters. The van der Waals surface area contributed by atoms with Crippen molar-refractivity contribution in [3.05, 3.63) is 0 Å². The molecule has 0 saturated heterocycles. The molecule has 5 heteroatoms. The first-order valence-corrected chi connectivity index (χ1v) is 2.29. The molecule has 58 valence electrons. The molecular weight excluding hydrogens is 246 g/mol. The van der Waals surface area contributed by atoms with Gasteiger partial charge in [-0.2, -0.15) is 0 Å². The van der Waals surface area contributed by atoms with Gasteiger partial charge in [0, 0.05) is 0 Å². The number of rotatable bonds is 3. The van der Waals surface area contributed by atoms with Gasteiger partial charge in [0.25, 0.3) is 0 Å². The SMILES string of the molecule is CC(=O)CC(=O)C(=O)O.[SbH3]. The van der Waals surface area contributed by atoms with Crippen LogP contribution < -0.4 is 0 Å². The Balaban J connectivity index is 0. The summed E-state index contributed by atoms with van der Waals surface area (Å²) in [6, 6.07) is 0. The molecule has 0 aliphatic carbocycles. The van der Waals surface area contributed by atoms with Crippen molar-refractivity contribution in [2.75, 3.05) is 0 Å². The summed E-state index contributed by atoms with van der Waals surface area (Å²) >= 11 is 0. The van der Waals surface area contributed by atoms with Crippen LogP contribution in [0, 0.1) is 0 Å². The van der Waals surface area contributed by atoms with Gasteiger partial charge in [-0.05, 0) is 6.92 Å². The molecule has 10 heavy (non-hydrogen) atoms. The van der Waals surface area contributed by atoms with Crippen LogP contribution in [0.3, 0.4) is 0 Å². The Morgan fingerprint density at radius 3 is 1.80 bits per heavy atom. The number of carbonyl (C=O) groups excluding carboxylic acids is 2. The van der Waals surface area contributed by atoms with Crippen LogP contribution >= 0.6 is 0 Å². The summed E-state index contributed by atoms with van der Waals surface area (Å²) in [5, 5.41) is 7.93. The van der Waals surface area contributed by atoms with Crippen molar-refractivity contribution < 1.29 is 19.5 Å². The predicted molar refractivity (Wildman–Crippen MR) is 37.9 cm³/mol. The van der Waals surface area contributed by atoms with Crippen molar-refractivity contribution in [1.29, 1.82) is 0 Å². The third-order valence-corrected chi connectivity index (χ3v) is 0.648. The number of carboxylic acid groups (broad SMARTS) is 1. The van der Waals surface area contributed by atoms with E-state index in [-0.39, 0.29) is 24.4 Å². The van der Waals surface area contributed by atoms with Gasteiger partial charge < -0.3 is 5.11 Å². The molecule has 0 heterocycles. The quantitative estimate of drug-likeness (QED) is 0.376. The zero-order chi connectivity index (χ0) is 7.44. The van der Waals surface area contributed by atoms with Gasteiger partial charge in [-0.15, -0.1) is 0 Å². The number of hydrogen-bond donors (Lipinski definition) is 1. The fourth-order valence-corrected chi connectivity index (χ4v) is 0.302. The predicted octanol–water partition coefficient (Wildman–Crippen LogP) is -1.56. The Bertz CT molecular complexity index is 163. The average molecular weight is 255 g/mol. The standard InChI is InChI=1S/C5H6O4.Sb.3H/c1-3(6)2-4(7)5(8)9;;;;/h2H2,1H3,(H,8,9);;;;. The molecule has 1 N–H and O–H groups in total. The van der Waals surface area contributed by atoms with E-state index >= 15 is 0 Å². The van der Waals surface area contributed by atoms with Gasteiger partial charge >= 0.3 is 30.4 Å². The number of hydrogen-bond acceptors (Lipinski definition) is 3. The van der Waals surface area contributed by atoms with E-state index in [1.54, 1.807) is 0 Å². The van der Waals surface area contributed by atoms with Crippen LogP contribution in [0.25, 0.3) is 0 Å². The zero-order valence-corrected chi connectivity index (χ0v) is 9.62. The molecule has 0 unspecified atom stereocenters. The molecule has 0 aromatic carbocycles. The second kappa shape index (κ2) is 5.42. The second-order valence-corrected chi connectivity index (χ2v) is 1.61. The summed E-state index contributed by atoms with van der Waals surface area (Å²) in [6.07, 6.45) is -0.505. The third-order valence-electron chi connectivity index (χ3n) is 0.648. The maximum absolute atomic E-state index is 10.1. The van der Waals surface area contributed by atoms with Gasteiger partial charge in [0.1, 0.15) is 5.78 Å². The summed E-state index contributed by atoms with van der Waals surface area (Å²) in [5.74, 6) is -3.03. The molecular formula is C5H9O4Sb. The molecule has 0 rings (SSSR count). The monoisotopic (exact) mass is 254 g/mol. The first-order chi connectivity index (χ1) is 4.04. The molecule has 4 nitrogen and oxygen atoms in total. The van der Waals surface area contributed by atoms with E-state index in [1.165, 1.54) is 6.92 Å². The Hall–Kier alpha value is -0.372. The van der Waals surface area contributed by atoms with E-state index in [1.807, 2.05) is 0 Å². The molecule has 0 fully saturated rings. The van der Waals surface area contributed by atoms with Crippen LogP contribution in [0.1, 0.15) is 13.3 Å². The van der Waals surface area contributed by atoms with Gasteiger partial charge in [0.15, 0.2) is 0 Å². The molecule has 0 saturated carbocycles. The van der Waals surface area contributed by atoms with Crippen molar-refractivity contribution in [2.45, 2.75) is 13.3 Å². The van der Waals surface area contributed by atoms with E-state index < -0.39 is 24.0 Å². The van der Waals surface area contributed by atoms with Crippen LogP contribution in [0.2, 0.25) is 0 Å². The maximum atomic E-state index is 10.1. The van der Waals surface area contributed by atoms with Crippen molar-refractivity contribution in [3.8, 4) is 0 Å². The van der Waals surface area contributed by atoms with E-state index in [4.69, 9.17) is 5.11 Å². The molecule has 0 aliphatic heterocycles. The van der Waals surface area contributed by atoms with E-state index in [2.05, 4.69) is 0 Å². The summed E-state index contributed by atoms with van der Waals surface area (Å²) < 4.78 is 0. The Morgan fingerprint density at radius 1 is 1.30 bits per heavy atom. The first-order valence-electron chi connectivity index (χ1n) is 2.29. The van der Waals surface area contributed by atoms with Crippen molar-refractivity contribution in [1.82, 2.24) is 0 Å². The van der Waals surface area contributed by atoms with E-state index in [9.17, 15) is 14.4 Å². The first kappa shape index (κ1) is 12.3. The molecule has 0 spiro atoms.